The zero-order valence-corrected chi connectivity index (χ0v) is 13.5. The molecule has 1 aromatic rings. The lowest BCUT2D eigenvalue weighted by Gasteiger charge is -2.09. The number of methoxy groups -OCH3 is 2. The minimum Gasteiger partial charge on any atom is -0.496 e. The molecule has 7 nitrogen and oxygen atoms in total. The van der Waals surface area contributed by atoms with Crippen molar-refractivity contribution in [2.24, 2.45) is 0 Å². The fourth-order valence-electron chi connectivity index (χ4n) is 1.88. The Kier molecular flexibility index (Phi) is 4.81. The van der Waals surface area contributed by atoms with Crippen LogP contribution in [0.15, 0.2) is 28.4 Å². The number of amides is 3. The molecule has 8 heteroatoms. The smallest absolute Gasteiger partial charge is 0.329 e. The van der Waals surface area contributed by atoms with Gasteiger partial charge in [-0.2, -0.15) is 0 Å². The van der Waals surface area contributed by atoms with Crippen molar-refractivity contribution in [3.63, 3.8) is 0 Å². The number of carbonyl (C=O) groups excluding carboxylic acids is 3. The van der Waals surface area contributed by atoms with E-state index in [-0.39, 0.29) is 5.70 Å². The standard InChI is InChI=1S/C14H13BrN2O5/c1-21-11-4-3-9(15)5-8(11)6-10-13(19)17(14(20)16-10)7-12(18)22-2/h3-6H,7H2,1-2H3,(H,16,20)/b10-6+. The molecule has 1 heterocycles. The van der Waals surface area contributed by atoms with Crippen molar-refractivity contribution in [3.8, 4) is 5.75 Å². The van der Waals surface area contributed by atoms with Crippen LogP contribution >= 0.6 is 15.9 Å². The highest BCUT2D eigenvalue weighted by Gasteiger charge is 2.35. The van der Waals surface area contributed by atoms with Crippen LogP contribution < -0.4 is 10.1 Å². The highest BCUT2D eigenvalue weighted by atomic mass is 79.9. The van der Waals surface area contributed by atoms with Crippen molar-refractivity contribution in [3.05, 3.63) is 33.9 Å². The molecule has 0 aliphatic carbocycles. The normalized spacial score (nSPS) is 16.0. The molecular formula is C14H13BrN2O5. The first-order valence-corrected chi connectivity index (χ1v) is 7.00. The largest absolute Gasteiger partial charge is 0.496 e. The van der Waals surface area contributed by atoms with Crippen molar-refractivity contribution in [1.29, 1.82) is 0 Å². The maximum atomic E-state index is 12.2. The summed E-state index contributed by atoms with van der Waals surface area (Å²) in [6, 6.07) is 4.59. The molecule has 0 spiro atoms. The van der Waals surface area contributed by atoms with E-state index in [4.69, 9.17) is 4.74 Å². The summed E-state index contributed by atoms with van der Waals surface area (Å²) in [5, 5.41) is 2.42. The molecule has 0 unspecified atom stereocenters. The third kappa shape index (κ3) is 3.28. The van der Waals surface area contributed by atoms with Crippen LogP contribution in [0.3, 0.4) is 0 Å². The number of benzene rings is 1. The molecule has 116 valence electrons. The van der Waals surface area contributed by atoms with Gasteiger partial charge in [0.2, 0.25) is 0 Å². The monoisotopic (exact) mass is 368 g/mol. The number of nitrogens with zero attached hydrogens (tertiary/aromatic N) is 1. The molecule has 1 aromatic carbocycles. The molecule has 0 saturated carbocycles. The van der Waals surface area contributed by atoms with Crippen molar-refractivity contribution >= 4 is 39.9 Å². The summed E-state index contributed by atoms with van der Waals surface area (Å²) in [7, 11) is 2.69. The van der Waals surface area contributed by atoms with E-state index in [2.05, 4.69) is 26.0 Å². The van der Waals surface area contributed by atoms with Crippen LogP contribution in [0.5, 0.6) is 5.75 Å². The van der Waals surface area contributed by atoms with Gasteiger partial charge in [-0.05, 0) is 24.3 Å². The maximum Gasteiger partial charge on any atom is 0.329 e. The summed E-state index contributed by atoms with van der Waals surface area (Å²) >= 11 is 3.33. The van der Waals surface area contributed by atoms with Crippen LogP contribution in [0.4, 0.5) is 4.79 Å². The molecule has 1 N–H and O–H groups in total. The summed E-state index contributed by atoms with van der Waals surface area (Å²) in [5.41, 5.74) is 0.672. The fraction of sp³-hybridized carbons (Fsp3) is 0.214. The van der Waals surface area contributed by atoms with Crippen molar-refractivity contribution in [1.82, 2.24) is 10.2 Å². The Morgan fingerprint density at radius 3 is 2.73 bits per heavy atom. The molecule has 1 aliphatic heterocycles. The molecule has 1 aliphatic rings. The summed E-state index contributed by atoms with van der Waals surface area (Å²) in [5.74, 6) is -0.730. The molecule has 0 aromatic heterocycles. The minimum atomic E-state index is -0.676. The van der Waals surface area contributed by atoms with E-state index in [1.54, 1.807) is 18.2 Å². The Morgan fingerprint density at radius 2 is 2.09 bits per heavy atom. The lowest BCUT2D eigenvalue weighted by atomic mass is 10.1. The number of esters is 1. The van der Waals surface area contributed by atoms with Gasteiger partial charge in [0.15, 0.2) is 0 Å². The number of carbonyl (C=O) groups is 3. The molecular weight excluding hydrogens is 356 g/mol. The molecule has 0 radical (unpaired) electrons. The van der Waals surface area contributed by atoms with Gasteiger partial charge in [-0.1, -0.05) is 15.9 Å². The van der Waals surface area contributed by atoms with E-state index in [9.17, 15) is 14.4 Å². The van der Waals surface area contributed by atoms with Gasteiger partial charge in [0, 0.05) is 10.0 Å². The van der Waals surface area contributed by atoms with Crippen LogP contribution in [-0.4, -0.2) is 43.6 Å². The number of halogens is 1. The van der Waals surface area contributed by atoms with Gasteiger partial charge in [-0.15, -0.1) is 0 Å². The first kappa shape index (κ1) is 16.0. The van der Waals surface area contributed by atoms with Gasteiger partial charge in [0.05, 0.1) is 14.2 Å². The topological polar surface area (TPSA) is 84.9 Å². The van der Waals surface area contributed by atoms with Crippen molar-refractivity contribution < 1.29 is 23.9 Å². The number of imide groups is 1. The van der Waals surface area contributed by atoms with Crippen LogP contribution in [0.25, 0.3) is 6.08 Å². The van der Waals surface area contributed by atoms with E-state index in [0.717, 1.165) is 9.37 Å². The lowest BCUT2D eigenvalue weighted by molar-refractivity contribution is -0.143. The number of hydrogen-bond donors (Lipinski definition) is 1. The summed E-state index contributed by atoms with van der Waals surface area (Å²) in [6.07, 6.45) is 1.49. The summed E-state index contributed by atoms with van der Waals surface area (Å²) in [4.78, 5) is 35.9. The fourth-order valence-corrected chi connectivity index (χ4v) is 2.26. The summed E-state index contributed by atoms with van der Waals surface area (Å²) < 4.78 is 10.5. The third-order valence-electron chi connectivity index (χ3n) is 2.97. The molecule has 1 fully saturated rings. The van der Waals surface area contributed by atoms with Gasteiger partial charge in [-0.3, -0.25) is 9.59 Å². The average molecular weight is 369 g/mol. The first-order valence-electron chi connectivity index (χ1n) is 6.21. The highest BCUT2D eigenvalue weighted by Crippen LogP contribution is 2.26. The second-order valence-electron chi connectivity index (χ2n) is 4.34. The van der Waals surface area contributed by atoms with Gasteiger partial charge < -0.3 is 14.8 Å². The van der Waals surface area contributed by atoms with Crippen molar-refractivity contribution in [2.45, 2.75) is 0 Å². The van der Waals surface area contributed by atoms with E-state index in [0.29, 0.717) is 11.3 Å². The second-order valence-corrected chi connectivity index (χ2v) is 5.26. The lowest BCUT2D eigenvalue weighted by Crippen LogP contribution is -2.36. The van der Waals surface area contributed by atoms with Gasteiger partial charge >= 0.3 is 12.0 Å². The quantitative estimate of drug-likeness (QED) is 0.494. The number of nitrogens with one attached hydrogen (secondary N) is 1. The SMILES string of the molecule is COC(=O)CN1C(=O)N/C(=C/c2cc(Br)ccc2OC)C1=O. The first-order chi connectivity index (χ1) is 10.5. The minimum absolute atomic E-state index is 0.0605. The Labute approximate surface area is 135 Å². The number of ether oxygens (including phenoxy) is 2. The Hall–Kier alpha value is -2.35. The molecule has 22 heavy (non-hydrogen) atoms. The average Bonchev–Trinajstić information content (AvgIpc) is 2.75. The Balaban J connectivity index is 2.30. The Bertz CT molecular complexity index is 671. The predicted molar refractivity (Wildman–Crippen MR) is 80.9 cm³/mol. The maximum absolute atomic E-state index is 12.2. The predicted octanol–water partition coefficient (Wildman–Crippen LogP) is 1.52. The van der Waals surface area contributed by atoms with Crippen LogP contribution in [0, 0.1) is 0 Å². The van der Waals surface area contributed by atoms with E-state index in [1.807, 2.05) is 0 Å². The molecule has 3 amide bonds. The van der Waals surface area contributed by atoms with Crippen molar-refractivity contribution in [2.75, 3.05) is 20.8 Å². The highest BCUT2D eigenvalue weighted by molar-refractivity contribution is 9.10. The zero-order valence-electron chi connectivity index (χ0n) is 11.9. The number of urea groups is 1. The van der Waals surface area contributed by atoms with E-state index in [1.165, 1.54) is 20.3 Å². The molecule has 0 bridgehead atoms. The zero-order chi connectivity index (χ0) is 16.3. The summed E-state index contributed by atoms with van der Waals surface area (Å²) in [6.45, 7) is -0.436. The van der Waals surface area contributed by atoms with E-state index < -0.39 is 24.5 Å². The number of rotatable bonds is 4. The van der Waals surface area contributed by atoms with Gasteiger partial charge in [-0.25, -0.2) is 9.69 Å². The number of hydrogen-bond acceptors (Lipinski definition) is 5. The van der Waals surface area contributed by atoms with Gasteiger partial charge in [0.1, 0.15) is 18.0 Å². The van der Waals surface area contributed by atoms with Gasteiger partial charge in [0.25, 0.3) is 5.91 Å². The molecule has 1 saturated heterocycles. The third-order valence-corrected chi connectivity index (χ3v) is 3.46. The van der Waals surface area contributed by atoms with E-state index >= 15 is 0 Å². The Morgan fingerprint density at radius 1 is 1.36 bits per heavy atom. The van der Waals surface area contributed by atoms with Crippen LogP contribution in [0.1, 0.15) is 5.56 Å². The molecule has 2 rings (SSSR count). The second kappa shape index (κ2) is 6.61. The van der Waals surface area contributed by atoms with Crippen LogP contribution in [0.2, 0.25) is 0 Å². The molecule has 0 atom stereocenters. The van der Waals surface area contributed by atoms with Crippen LogP contribution in [-0.2, 0) is 14.3 Å².